The molecule has 2 bridgehead atoms. The summed E-state index contributed by atoms with van der Waals surface area (Å²) in [6, 6.07) is 4.99. The van der Waals surface area contributed by atoms with Crippen molar-refractivity contribution < 1.29 is 14.3 Å². The zero-order chi connectivity index (χ0) is 22.7. The number of nitrogens with zero attached hydrogens (tertiary/aromatic N) is 4. The van der Waals surface area contributed by atoms with Crippen molar-refractivity contribution in [1.82, 2.24) is 24.6 Å². The van der Waals surface area contributed by atoms with Gasteiger partial charge in [-0.25, -0.2) is 18.9 Å². The number of nitrogens with one attached hydrogen (secondary N) is 2. The van der Waals surface area contributed by atoms with Crippen LogP contribution in [-0.2, 0) is 4.79 Å². The van der Waals surface area contributed by atoms with Crippen LogP contribution in [0.2, 0.25) is 0 Å². The van der Waals surface area contributed by atoms with Crippen LogP contribution in [-0.4, -0.2) is 41.7 Å². The summed E-state index contributed by atoms with van der Waals surface area (Å²) in [7, 11) is 0. The molecule has 1 unspecified atom stereocenters. The minimum atomic E-state index is -0.757. The van der Waals surface area contributed by atoms with Gasteiger partial charge in [0.25, 0.3) is 0 Å². The summed E-state index contributed by atoms with van der Waals surface area (Å²) in [5.41, 5.74) is 2.67. The normalized spacial score (nSPS) is 24.4. The number of anilines is 1. The zero-order valence-electron chi connectivity index (χ0n) is 17.8. The third-order valence-corrected chi connectivity index (χ3v) is 7.30. The average Bonchev–Trinajstić information content (AvgIpc) is 3.43. The molecule has 2 atom stereocenters. The smallest absolute Gasteiger partial charge is 0.308 e. The van der Waals surface area contributed by atoms with Gasteiger partial charge in [-0.2, -0.15) is 0 Å². The topological polar surface area (TPSA) is 108 Å². The second-order valence-electron chi connectivity index (χ2n) is 9.00. The third kappa shape index (κ3) is 3.10. The molecule has 0 aliphatic heterocycles. The van der Waals surface area contributed by atoms with Gasteiger partial charge in [-0.05, 0) is 61.8 Å². The van der Waals surface area contributed by atoms with E-state index in [4.69, 9.17) is 10.1 Å². The lowest BCUT2D eigenvalue weighted by molar-refractivity contribution is -0.148. The van der Waals surface area contributed by atoms with Crippen molar-refractivity contribution in [3.63, 3.8) is 0 Å². The van der Waals surface area contributed by atoms with Gasteiger partial charge in [-0.3, -0.25) is 4.79 Å². The molecule has 0 spiro atoms. The highest BCUT2D eigenvalue weighted by atomic mass is 19.1. The number of H-pyrrole nitrogens is 1. The molecule has 0 amide bonds. The van der Waals surface area contributed by atoms with Crippen LogP contribution in [0, 0.1) is 23.6 Å². The van der Waals surface area contributed by atoms with E-state index >= 15 is 0 Å². The van der Waals surface area contributed by atoms with Gasteiger partial charge in [-0.1, -0.05) is 6.58 Å². The van der Waals surface area contributed by atoms with Gasteiger partial charge in [0.05, 0.1) is 17.8 Å². The van der Waals surface area contributed by atoms with E-state index in [-0.39, 0.29) is 17.9 Å². The van der Waals surface area contributed by atoms with Crippen LogP contribution in [0.3, 0.4) is 0 Å². The first-order valence-corrected chi connectivity index (χ1v) is 11.2. The van der Waals surface area contributed by atoms with Gasteiger partial charge < -0.3 is 15.4 Å². The molecular formula is C24H23FN6O2. The summed E-state index contributed by atoms with van der Waals surface area (Å²) in [5, 5.41) is 18.7. The SMILES string of the molecule is C=Cc1ccc2c(NC3C4CCC(CC4)[C@@H]3C(=O)O)nc(-c3c[nH]c4ncc(F)cc34)nn12. The first kappa shape index (κ1) is 19.9. The highest BCUT2D eigenvalue weighted by Crippen LogP contribution is 2.46. The summed E-state index contributed by atoms with van der Waals surface area (Å²) in [5.74, 6) is -0.233. The standard InChI is InChI=1S/C24H23FN6O2/c1-2-15-7-8-18-23(28-20-13-5-3-12(4-6-13)19(20)24(32)33)29-22(30-31(15)18)17-11-27-21-16(17)9-14(25)10-26-21/h2,7-13,19-20H,1,3-6H2,(H,26,27)(H,32,33)(H,28,29,30)/t12?,13?,19-,20?/m0/s1. The Labute approximate surface area is 188 Å². The zero-order valence-corrected chi connectivity index (χ0v) is 17.8. The van der Waals surface area contributed by atoms with E-state index in [9.17, 15) is 14.3 Å². The lowest BCUT2D eigenvalue weighted by atomic mass is 9.61. The summed E-state index contributed by atoms with van der Waals surface area (Å²) in [4.78, 5) is 24.1. The molecule has 3 fully saturated rings. The van der Waals surface area contributed by atoms with Gasteiger partial charge in [0.2, 0.25) is 0 Å². The van der Waals surface area contributed by atoms with Crippen molar-refractivity contribution >= 4 is 34.4 Å². The minimum absolute atomic E-state index is 0.181. The Hall–Kier alpha value is -3.75. The van der Waals surface area contributed by atoms with Gasteiger partial charge >= 0.3 is 5.97 Å². The molecule has 7 rings (SSSR count). The maximum Gasteiger partial charge on any atom is 0.308 e. The summed E-state index contributed by atoms with van der Waals surface area (Å²) < 4.78 is 15.7. The fourth-order valence-corrected chi connectivity index (χ4v) is 5.72. The fraction of sp³-hybridized carbons (Fsp3) is 0.333. The van der Waals surface area contributed by atoms with E-state index in [1.165, 1.54) is 6.07 Å². The van der Waals surface area contributed by atoms with Gasteiger partial charge in [-0.15, -0.1) is 5.10 Å². The van der Waals surface area contributed by atoms with Crippen molar-refractivity contribution in [3.8, 4) is 11.4 Å². The van der Waals surface area contributed by atoms with Gasteiger partial charge in [0.1, 0.15) is 17.0 Å². The Morgan fingerprint density at radius 2 is 2.06 bits per heavy atom. The molecule has 33 heavy (non-hydrogen) atoms. The lowest BCUT2D eigenvalue weighted by Crippen LogP contribution is -2.51. The van der Waals surface area contributed by atoms with Crippen LogP contribution in [0.25, 0.3) is 34.0 Å². The molecule has 4 aromatic rings. The van der Waals surface area contributed by atoms with Crippen LogP contribution in [0.4, 0.5) is 10.2 Å². The number of aromatic amines is 1. The molecule has 0 aromatic carbocycles. The number of halogens is 1. The van der Waals surface area contributed by atoms with Gasteiger partial charge in [0, 0.05) is 23.2 Å². The Balaban J connectivity index is 1.50. The Bertz CT molecular complexity index is 1400. The molecule has 3 N–H and O–H groups in total. The number of rotatable bonds is 5. The van der Waals surface area contributed by atoms with E-state index < -0.39 is 17.7 Å². The number of aromatic nitrogens is 5. The molecule has 9 heteroatoms. The van der Waals surface area contributed by atoms with Gasteiger partial charge in [0.15, 0.2) is 11.6 Å². The molecule has 4 aromatic heterocycles. The summed E-state index contributed by atoms with van der Waals surface area (Å²) in [6.07, 6.45) is 8.53. The molecule has 3 aliphatic carbocycles. The number of carboxylic acid groups (broad SMARTS) is 1. The lowest BCUT2D eigenvalue weighted by Gasteiger charge is -2.47. The van der Waals surface area contributed by atoms with E-state index in [0.29, 0.717) is 28.2 Å². The minimum Gasteiger partial charge on any atom is -0.481 e. The van der Waals surface area contributed by atoms with Crippen LogP contribution < -0.4 is 5.32 Å². The highest BCUT2D eigenvalue weighted by Gasteiger charge is 2.47. The van der Waals surface area contributed by atoms with Crippen molar-refractivity contribution in [2.75, 3.05) is 5.32 Å². The first-order valence-electron chi connectivity index (χ1n) is 11.2. The van der Waals surface area contributed by atoms with E-state index in [0.717, 1.165) is 43.1 Å². The molecule has 0 radical (unpaired) electrons. The van der Waals surface area contributed by atoms with Crippen molar-refractivity contribution in [2.24, 2.45) is 17.8 Å². The number of hydrogen-bond acceptors (Lipinski definition) is 5. The number of pyridine rings is 1. The fourth-order valence-electron chi connectivity index (χ4n) is 5.72. The average molecular weight is 446 g/mol. The molecular weight excluding hydrogens is 423 g/mol. The molecule has 168 valence electrons. The molecule has 3 saturated carbocycles. The molecule has 0 saturated heterocycles. The maximum absolute atomic E-state index is 13.9. The first-order chi connectivity index (χ1) is 16.0. The number of carboxylic acids is 1. The van der Waals surface area contributed by atoms with E-state index in [1.807, 2.05) is 12.1 Å². The number of hydrogen-bond donors (Lipinski definition) is 3. The monoisotopic (exact) mass is 446 g/mol. The Kier molecular flexibility index (Phi) is 4.46. The number of aliphatic carboxylic acids is 1. The number of carbonyl (C=O) groups is 1. The third-order valence-electron chi connectivity index (χ3n) is 7.30. The summed E-state index contributed by atoms with van der Waals surface area (Å²) in [6.45, 7) is 3.87. The second-order valence-corrected chi connectivity index (χ2v) is 9.00. The van der Waals surface area contributed by atoms with Crippen LogP contribution in [0.5, 0.6) is 0 Å². The van der Waals surface area contributed by atoms with E-state index in [2.05, 4.69) is 21.9 Å². The Morgan fingerprint density at radius 1 is 1.27 bits per heavy atom. The highest BCUT2D eigenvalue weighted by molar-refractivity contribution is 5.92. The van der Waals surface area contributed by atoms with Crippen LogP contribution in [0.15, 0.2) is 37.2 Å². The second kappa shape index (κ2) is 7.40. The Morgan fingerprint density at radius 3 is 2.82 bits per heavy atom. The molecule has 4 heterocycles. The van der Waals surface area contributed by atoms with Crippen LogP contribution >= 0.6 is 0 Å². The molecule has 8 nitrogen and oxygen atoms in total. The summed E-state index contributed by atoms with van der Waals surface area (Å²) >= 11 is 0. The van der Waals surface area contributed by atoms with E-state index in [1.54, 1.807) is 16.8 Å². The maximum atomic E-state index is 13.9. The van der Waals surface area contributed by atoms with Crippen LogP contribution in [0.1, 0.15) is 31.4 Å². The number of fused-ring (bicyclic) bond motifs is 5. The van der Waals surface area contributed by atoms with Crippen molar-refractivity contribution in [2.45, 2.75) is 31.7 Å². The predicted octanol–water partition coefficient (Wildman–Crippen LogP) is 4.36. The quantitative estimate of drug-likeness (QED) is 0.421. The van der Waals surface area contributed by atoms with Crippen molar-refractivity contribution in [3.05, 3.63) is 48.7 Å². The largest absolute Gasteiger partial charge is 0.481 e. The molecule has 3 aliphatic rings. The van der Waals surface area contributed by atoms with Crippen molar-refractivity contribution in [1.29, 1.82) is 0 Å². The predicted molar refractivity (Wildman–Crippen MR) is 122 cm³/mol.